The highest BCUT2D eigenvalue weighted by Gasteiger charge is 2.49. The number of carbonyl (C=O) groups excluding carboxylic acids is 2. The fraction of sp³-hybridized carbons (Fsp3) is 0.724. The summed E-state index contributed by atoms with van der Waals surface area (Å²) in [5.74, 6) is 1.07. The summed E-state index contributed by atoms with van der Waals surface area (Å²) in [6.07, 6.45) is 8.31. The molecule has 2 bridgehead atoms. The van der Waals surface area contributed by atoms with Gasteiger partial charge in [-0.15, -0.1) is 12.6 Å². The van der Waals surface area contributed by atoms with E-state index in [-0.39, 0.29) is 33.2 Å². The monoisotopic (exact) mass is 542 g/mol. The number of primary amides is 1. The maximum absolute atomic E-state index is 12.8. The van der Waals surface area contributed by atoms with Gasteiger partial charge in [-0.05, 0) is 68.4 Å². The van der Waals surface area contributed by atoms with E-state index in [1.807, 2.05) is 34.6 Å². The number of fused-ring (bicyclic) bond motifs is 2. The first-order valence-electron chi connectivity index (χ1n) is 13.7. The number of halogens is 2. The number of benzene rings is 1. The van der Waals surface area contributed by atoms with Crippen LogP contribution in [0.2, 0.25) is 5.02 Å². The zero-order chi connectivity index (χ0) is 27.7. The average Bonchev–Trinajstić information content (AvgIpc) is 3.30. The van der Waals surface area contributed by atoms with Gasteiger partial charge in [-0.25, -0.2) is 4.39 Å². The number of nitrogens with two attached hydrogens (primary N) is 1. The van der Waals surface area contributed by atoms with Gasteiger partial charge in [0.1, 0.15) is 0 Å². The summed E-state index contributed by atoms with van der Waals surface area (Å²) in [4.78, 5) is 25.0. The van der Waals surface area contributed by atoms with Crippen molar-refractivity contribution in [1.82, 2.24) is 5.32 Å². The summed E-state index contributed by atoms with van der Waals surface area (Å²) in [5, 5.41) is 3.51. The van der Waals surface area contributed by atoms with Gasteiger partial charge in [0.2, 0.25) is 11.8 Å². The Morgan fingerprint density at radius 3 is 2.14 bits per heavy atom. The zero-order valence-electron chi connectivity index (χ0n) is 23.3. The van der Waals surface area contributed by atoms with Crippen LogP contribution < -0.4 is 11.1 Å². The molecule has 2 amide bonds. The predicted octanol–water partition coefficient (Wildman–Crippen LogP) is 7.82. The highest BCUT2D eigenvalue weighted by atomic mass is 35.5. The van der Waals surface area contributed by atoms with Crippen LogP contribution in [-0.4, -0.2) is 17.9 Å². The maximum Gasteiger partial charge on any atom is 0.226 e. The smallest absolute Gasteiger partial charge is 0.226 e. The molecule has 4 nitrogen and oxygen atoms in total. The molecule has 1 aromatic rings. The molecule has 206 valence electrons. The lowest BCUT2D eigenvalue weighted by molar-refractivity contribution is -0.135. The number of nitrogens with one attached hydrogen (secondary N) is 1. The van der Waals surface area contributed by atoms with Crippen molar-refractivity contribution < 1.29 is 14.0 Å². The second-order valence-electron chi connectivity index (χ2n) is 10.7. The molecule has 0 aromatic heterocycles. The van der Waals surface area contributed by atoms with Crippen LogP contribution in [0.25, 0.3) is 0 Å². The van der Waals surface area contributed by atoms with E-state index < -0.39 is 11.2 Å². The Bertz CT molecular complexity index is 839. The molecule has 0 radical (unpaired) electrons. The summed E-state index contributed by atoms with van der Waals surface area (Å²) in [6, 6.07) is 4.88. The van der Waals surface area contributed by atoms with E-state index in [1.165, 1.54) is 6.07 Å². The number of rotatable bonds is 3. The topological polar surface area (TPSA) is 72.2 Å². The minimum Gasteiger partial charge on any atom is -0.369 e. The molecular weight excluding hydrogens is 495 g/mol. The first-order chi connectivity index (χ1) is 16.9. The van der Waals surface area contributed by atoms with Crippen LogP contribution in [0.4, 0.5) is 4.39 Å². The molecule has 1 aromatic carbocycles. The Balaban J connectivity index is 0.000000417. The van der Waals surface area contributed by atoms with Crippen LogP contribution >= 0.6 is 24.2 Å². The Kier molecular flexibility index (Phi) is 13.3. The molecule has 3 aliphatic carbocycles. The van der Waals surface area contributed by atoms with Crippen molar-refractivity contribution >= 4 is 36.0 Å². The Hall–Kier alpha value is -1.27. The lowest BCUT2D eigenvalue weighted by atomic mass is 9.57. The molecule has 3 N–H and O–H groups in total. The molecule has 7 heteroatoms. The van der Waals surface area contributed by atoms with Gasteiger partial charge >= 0.3 is 0 Å². The van der Waals surface area contributed by atoms with Gasteiger partial charge in [0.05, 0.1) is 5.02 Å². The zero-order valence-corrected chi connectivity index (χ0v) is 24.9. The second kappa shape index (κ2) is 14.6. The van der Waals surface area contributed by atoms with Crippen LogP contribution in [-0.2, 0) is 9.59 Å². The van der Waals surface area contributed by atoms with E-state index in [0.717, 1.165) is 51.4 Å². The van der Waals surface area contributed by atoms with Gasteiger partial charge in [0, 0.05) is 21.8 Å². The fourth-order valence-electron chi connectivity index (χ4n) is 6.15. The minimum absolute atomic E-state index is 0.113. The summed E-state index contributed by atoms with van der Waals surface area (Å²) in [6.45, 7) is 14.4. The van der Waals surface area contributed by atoms with Gasteiger partial charge in [-0.3, -0.25) is 9.59 Å². The SMILES string of the molecule is CC.CC.CC1CC2CC(CC(C)(C(N)=O)C2)C1NC(=O)C1(C)CCCC1.Fc1c(S)cccc1Cl. The van der Waals surface area contributed by atoms with Gasteiger partial charge in [0.25, 0.3) is 0 Å². The van der Waals surface area contributed by atoms with Crippen LogP contribution in [0.15, 0.2) is 23.1 Å². The molecule has 0 heterocycles. The standard InChI is InChI=1S/C19H32N2O2.C6H4ClFS.2C2H6/c1-12-8-13-9-14(11-19(3,10-13)16(20)22)15(12)21-17(23)18(2)6-4-5-7-18;7-4-2-1-3-5(9)6(4)8;2*1-2/h12-15H,4-11H2,1-3H3,(H2,20,22)(H,21,23);1-3,9H;2*1-2H3. The highest BCUT2D eigenvalue weighted by molar-refractivity contribution is 7.80. The molecule has 0 saturated heterocycles. The lowest BCUT2D eigenvalue weighted by Crippen LogP contribution is -2.56. The van der Waals surface area contributed by atoms with E-state index in [0.29, 0.717) is 17.8 Å². The Morgan fingerprint density at radius 1 is 1.06 bits per heavy atom. The first kappa shape index (κ1) is 32.8. The fourth-order valence-corrected chi connectivity index (χ4v) is 6.59. The molecule has 3 fully saturated rings. The number of amides is 2. The summed E-state index contributed by atoms with van der Waals surface area (Å²) in [7, 11) is 0. The van der Waals surface area contributed by atoms with Gasteiger partial charge < -0.3 is 11.1 Å². The van der Waals surface area contributed by atoms with Crippen LogP contribution in [0.1, 0.15) is 99.8 Å². The highest BCUT2D eigenvalue weighted by Crippen LogP contribution is 2.50. The van der Waals surface area contributed by atoms with E-state index in [1.54, 1.807) is 12.1 Å². The largest absolute Gasteiger partial charge is 0.369 e. The molecule has 3 aliphatic rings. The first-order valence-corrected chi connectivity index (χ1v) is 14.5. The van der Waals surface area contributed by atoms with Crippen LogP contribution in [0, 0.1) is 34.4 Å². The van der Waals surface area contributed by atoms with Crippen LogP contribution in [0.5, 0.6) is 0 Å². The van der Waals surface area contributed by atoms with Gasteiger partial charge in [-0.2, -0.15) is 0 Å². The Labute approximate surface area is 229 Å². The van der Waals surface area contributed by atoms with Gasteiger partial charge in [-0.1, -0.05) is 79.0 Å². The third-order valence-corrected chi connectivity index (χ3v) is 8.63. The lowest BCUT2D eigenvalue weighted by Gasteiger charge is -2.50. The normalized spacial score (nSPS) is 29.7. The van der Waals surface area contributed by atoms with Gasteiger partial charge in [0.15, 0.2) is 5.82 Å². The van der Waals surface area contributed by atoms with Crippen LogP contribution in [0.3, 0.4) is 0 Å². The van der Waals surface area contributed by atoms with E-state index >= 15 is 0 Å². The Morgan fingerprint density at radius 2 is 1.64 bits per heavy atom. The molecule has 5 atom stereocenters. The second-order valence-corrected chi connectivity index (χ2v) is 11.6. The number of carbonyl (C=O) groups is 2. The van der Waals surface area contributed by atoms with E-state index in [4.69, 9.17) is 17.3 Å². The molecule has 5 unspecified atom stereocenters. The number of hydrogen-bond acceptors (Lipinski definition) is 3. The molecular formula is C29H48ClFN2O2S. The third kappa shape index (κ3) is 8.11. The maximum atomic E-state index is 12.8. The van der Waals surface area contributed by atoms with Crippen molar-refractivity contribution in [2.75, 3.05) is 0 Å². The van der Waals surface area contributed by atoms with Crippen molar-refractivity contribution in [3.63, 3.8) is 0 Å². The number of hydrogen-bond donors (Lipinski definition) is 3. The van der Waals surface area contributed by atoms with Crippen molar-refractivity contribution in [2.24, 2.45) is 34.3 Å². The van der Waals surface area contributed by atoms with E-state index in [2.05, 4.69) is 31.8 Å². The minimum atomic E-state index is -0.456. The molecule has 4 rings (SSSR count). The van der Waals surface area contributed by atoms with Crippen molar-refractivity contribution in [3.8, 4) is 0 Å². The van der Waals surface area contributed by atoms with Crippen molar-refractivity contribution in [1.29, 1.82) is 0 Å². The summed E-state index contributed by atoms with van der Waals surface area (Å²) < 4.78 is 12.5. The number of thiol groups is 1. The summed E-state index contributed by atoms with van der Waals surface area (Å²) >= 11 is 9.20. The summed E-state index contributed by atoms with van der Waals surface area (Å²) in [5.41, 5.74) is 5.10. The third-order valence-electron chi connectivity index (χ3n) is 7.99. The molecule has 0 aliphatic heterocycles. The predicted molar refractivity (Wildman–Crippen MR) is 152 cm³/mol. The van der Waals surface area contributed by atoms with Crippen molar-refractivity contribution in [2.45, 2.75) is 111 Å². The quantitative estimate of drug-likeness (QED) is 0.341. The van der Waals surface area contributed by atoms with Crippen molar-refractivity contribution in [3.05, 3.63) is 29.0 Å². The van der Waals surface area contributed by atoms with E-state index in [9.17, 15) is 14.0 Å². The molecule has 3 saturated carbocycles. The molecule has 0 spiro atoms. The average molecular weight is 543 g/mol. The molecule has 36 heavy (non-hydrogen) atoms.